The molecule has 1 aliphatic rings. The quantitative estimate of drug-likeness (QED) is 0.727. The van der Waals surface area contributed by atoms with Crippen LogP contribution in [0.2, 0.25) is 0 Å². The minimum atomic E-state index is -0.338. The average Bonchev–Trinajstić information content (AvgIpc) is 2.89. The van der Waals surface area contributed by atoms with E-state index in [2.05, 4.69) is 20.8 Å². The summed E-state index contributed by atoms with van der Waals surface area (Å²) >= 11 is 1.59. The number of hydrogen-bond acceptors (Lipinski definition) is 5. The fourth-order valence-electron chi connectivity index (χ4n) is 2.78. The van der Waals surface area contributed by atoms with Crippen LogP contribution in [0.4, 0.5) is 0 Å². The number of carbonyl (C=O) groups is 2. The van der Waals surface area contributed by atoms with E-state index >= 15 is 0 Å². The maximum absolute atomic E-state index is 12.3. The molecule has 0 bridgehead atoms. The first-order valence-electron chi connectivity index (χ1n) is 7.63. The Morgan fingerprint density at radius 3 is 2.83 bits per heavy atom. The first-order chi connectivity index (χ1) is 11.0. The molecule has 23 heavy (non-hydrogen) atoms. The summed E-state index contributed by atoms with van der Waals surface area (Å²) in [7, 11) is 0. The number of aromatic amines is 1. The van der Waals surface area contributed by atoms with Gasteiger partial charge in [-0.3, -0.25) is 25.2 Å². The van der Waals surface area contributed by atoms with Gasteiger partial charge in [0.25, 0.3) is 5.56 Å². The Kier molecular flexibility index (Phi) is 4.42. The highest BCUT2D eigenvalue weighted by Crippen LogP contribution is 2.33. The van der Waals surface area contributed by atoms with Gasteiger partial charge in [-0.1, -0.05) is 0 Å². The second kappa shape index (κ2) is 6.49. The zero-order valence-corrected chi connectivity index (χ0v) is 13.6. The predicted molar refractivity (Wildman–Crippen MR) is 87.2 cm³/mol. The smallest absolute Gasteiger partial charge is 0.259 e. The number of fused-ring (bicyclic) bond motifs is 3. The van der Waals surface area contributed by atoms with Gasteiger partial charge in [-0.25, -0.2) is 4.98 Å². The summed E-state index contributed by atoms with van der Waals surface area (Å²) in [5.41, 5.74) is 5.55. The zero-order valence-electron chi connectivity index (χ0n) is 12.8. The molecule has 0 saturated carbocycles. The van der Waals surface area contributed by atoms with E-state index < -0.39 is 0 Å². The van der Waals surface area contributed by atoms with Crippen LogP contribution in [0.15, 0.2) is 4.79 Å². The standard InChI is InChI=1S/C15H18N4O3S/c1-8(20)18-19-12(21)7-6-11-16-14(22)13-9-4-2-3-5-10(9)23-15(13)17-11/h2-7H2,1H3,(H,18,20)(H,19,21)(H,16,17,22). The minimum absolute atomic E-state index is 0.119. The summed E-state index contributed by atoms with van der Waals surface area (Å²) < 4.78 is 0. The maximum atomic E-state index is 12.3. The third kappa shape index (κ3) is 3.42. The molecule has 0 aromatic carbocycles. The van der Waals surface area contributed by atoms with Crippen molar-refractivity contribution in [3.05, 3.63) is 26.6 Å². The van der Waals surface area contributed by atoms with Crippen molar-refractivity contribution >= 4 is 33.4 Å². The highest BCUT2D eigenvalue weighted by atomic mass is 32.1. The van der Waals surface area contributed by atoms with Crippen molar-refractivity contribution in [2.75, 3.05) is 0 Å². The Bertz CT molecular complexity index is 824. The number of hydrazine groups is 1. The number of rotatable bonds is 3. The van der Waals surface area contributed by atoms with Crippen LogP contribution in [0.5, 0.6) is 0 Å². The lowest BCUT2D eigenvalue weighted by Gasteiger charge is -2.09. The monoisotopic (exact) mass is 334 g/mol. The van der Waals surface area contributed by atoms with Crippen molar-refractivity contribution in [2.24, 2.45) is 0 Å². The van der Waals surface area contributed by atoms with E-state index in [0.717, 1.165) is 41.5 Å². The Morgan fingerprint density at radius 2 is 2.04 bits per heavy atom. The second-order valence-corrected chi connectivity index (χ2v) is 6.72. The van der Waals surface area contributed by atoms with Gasteiger partial charge in [0.1, 0.15) is 10.7 Å². The SMILES string of the molecule is CC(=O)NNC(=O)CCc1nc2sc3c(c2c(=O)[nH]1)CCCC3. The van der Waals surface area contributed by atoms with Crippen LogP contribution in [-0.4, -0.2) is 21.8 Å². The van der Waals surface area contributed by atoms with Crippen LogP contribution >= 0.6 is 11.3 Å². The molecule has 8 heteroatoms. The lowest BCUT2D eigenvalue weighted by atomic mass is 9.97. The summed E-state index contributed by atoms with van der Waals surface area (Å²) in [5, 5.41) is 0.719. The number of H-pyrrole nitrogens is 1. The van der Waals surface area contributed by atoms with Crippen molar-refractivity contribution in [2.45, 2.75) is 45.4 Å². The Morgan fingerprint density at radius 1 is 1.26 bits per heavy atom. The molecule has 2 aromatic rings. The fraction of sp³-hybridized carbons (Fsp3) is 0.467. The van der Waals surface area contributed by atoms with Crippen LogP contribution < -0.4 is 16.4 Å². The fourth-order valence-corrected chi connectivity index (χ4v) is 4.06. The molecule has 122 valence electrons. The topological polar surface area (TPSA) is 104 Å². The lowest BCUT2D eigenvalue weighted by Crippen LogP contribution is -2.40. The van der Waals surface area contributed by atoms with Crippen LogP contribution in [0.1, 0.15) is 42.5 Å². The van der Waals surface area contributed by atoms with Gasteiger partial charge in [0.05, 0.1) is 5.39 Å². The molecular weight excluding hydrogens is 316 g/mol. The lowest BCUT2D eigenvalue weighted by molar-refractivity contribution is -0.127. The van der Waals surface area contributed by atoms with Crippen LogP contribution in [0.25, 0.3) is 10.2 Å². The zero-order chi connectivity index (χ0) is 16.4. The summed E-state index contributed by atoms with van der Waals surface area (Å²) in [6.45, 7) is 1.31. The van der Waals surface area contributed by atoms with E-state index in [1.54, 1.807) is 11.3 Å². The van der Waals surface area contributed by atoms with Gasteiger partial charge in [0.15, 0.2) is 0 Å². The van der Waals surface area contributed by atoms with Crippen LogP contribution in [0.3, 0.4) is 0 Å². The van der Waals surface area contributed by atoms with Crippen molar-refractivity contribution in [3.8, 4) is 0 Å². The highest BCUT2D eigenvalue weighted by Gasteiger charge is 2.19. The molecule has 3 N–H and O–H groups in total. The third-order valence-electron chi connectivity index (χ3n) is 3.84. The van der Waals surface area contributed by atoms with Gasteiger partial charge in [0, 0.05) is 24.6 Å². The van der Waals surface area contributed by atoms with Crippen molar-refractivity contribution < 1.29 is 9.59 Å². The van der Waals surface area contributed by atoms with Crippen molar-refractivity contribution in [1.82, 2.24) is 20.8 Å². The minimum Gasteiger partial charge on any atom is -0.310 e. The third-order valence-corrected chi connectivity index (χ3v) is 5.03. The summed E-state index contributed by atoms with van der Waals surface area (Å²) in [6.07, 6.45) is 4.69. The summed E-state index contributed by atoms with van der Waals surface area (Å²) in [5.74, 6) is -0.164. The van der Waals surface area contributed by atoms with E-state index in [1.807, 2.05) is 0 Å². The van der Waals surface area contributed by atoms with Crippen LogP contribution in [0, 0.1) is 0 Å². The molecule has 7 nitrogen and oxygen atoms in total. The number of nitrogens with one attached hydrogen (secondary N) is 3. The van der Waals surface area contributed by atoms with Gasteiger partial charge in [-0.15, -0.1) is 11.3 Å². The number of hydrogen-bond donors (Lipinski definition) is 3. The Balaban J connectivity index is 1.76. The number of amides is 2. The molecule has 0 saturated heterocycles. The van der Waals surface area contributed by atoms with Crippen molar-refractivity contribution in [1.29, 1.82) is 0 Å². The van der Waals surface area contributed by atoms with E-state index in [4.69, 9.17) is 0 Å². The van der Waals surface area contributed by atoms with Gasteiger partial charge in [0.2, 0.25) is 11.8 Å². The van der Waals surface area contributed by atoms with E-state index in [9.17, 15) is 14.4 Å². The number of carbonyl (C=O) groups excluding carboxylic acids is 2. The second-order valence-electron chi connectivity index (χ2n) is 5.63. The Labute approximate surface area is 136 Å². The molecule has 2 amide bonds. The number of thiophene rings is 1. The van der Waals surface area contributed by atoms with Gasteiger partial charge < -0.3 is 4.98 Å². The molecule has 1 aliphatic carbocycles. The van der Waals surface area contributed by atoms with E-state index in [0.29, 0.717) is 12.2 Å². The maximum Gasteiger partial charge on any atom is 0.259 e. The summed E-state index contributed by atoms with van der Waals surface area (Å²) in [6, 6.07) is 0. The van der Waals surface area contributed by atoms with Gasteiger partial charge in [-0.2, -0.15) is 0 Å². The van der Waals surface area contributed by atoms with E-state index in [-0.39, 0.29) is 23.8 Å². The first-order valence-corrected chi connectivity index (χ1v) is 8.45. The normalized spacial score (nSPS) is 13.6. The van der Waals surface area contributed by atoms with E-state index in [1.165, 1.54) is 11.8 Å². The molecule has 0 fully saturated rings. The summed E-state index contributed by atoms with van der Waals surface area (Å²) in [4.78, 5) is 44.0. The molecule has 0 radical (unpaired) electrons. The predicted octanol–water partition coefficient (Wildman–Crippen LogP) is 0.963. The number of aromatic nitrogens is 2. The molecule has 0 aliphatic heterocycles. The van der Waals surface area contributed by atoms with Gasteiger partial charge >= 0.3 is 0 Å². The number of aryl methyl sites for hydroxylation is 3. The molecule has 0 spiro atoms. The van der Waals surface area contributed by atoms with Gasteiger partial charge in [-0.05, 0) is 31.2 Å². The molecule has 3 rings (SSSR count). The van der Waals surface area contributed by atoms with Crippen molar-refractivity contribution in [3.63, 3.8) is 0 Å². The number of nitrogens with zero attached hydrogens (tertiary/aromatic N) is 1. The molecule has 2 aromatic heterocycles. The molecular formula is C15H18N4O3S. The first kappa shape index (κ1) is 15.7. The largest absolute Gasteiger partial charge is 0.310 e. The van der Waals surface area contributed by atoms with Crippen LogP contribution in [-0.2, 0) is 28.9 Å². The average molecular weight is 334 g/mol. The molecule has 2 heterocycles. The Hall–Kier alpha value is -2.22. The highest BCUT2D eigenvalue weighted by molar-refractivity contribution is 7.18. The molecule has 0 unspecified atom stereocenters. The molecule has 0 atom stereocenters.